The fourth-order valence-electron chi connectivity index (χ4n) is 1.01. The summed E-state index contributed by atoms with van der Waals surface area (Å²) in [5.41, 5.74) is -0.469. The van der Waals surface area contributed by atoms with Crippen molar-refractivity contribution in [2.24, 2.45) is 0 Å². The number of nitrogens with zero attached hydrogens (tertiary/aromatic N) is 2. The molecule has 0 saturated heterocycles. The van der Waals surface area contributed by atoms with E-state index < -0.39 is 12.1 Å². The van der Waals surface area contributed by atoms with Crippen LogP contribution in [0.5, 0.6) is 0 Å². The zero-order valence-electron chi connectivity index (χ0n) is 7.29. The van der Waals surface area contributed by atoms with E-state index in [9.17, 15) is 13.6 Å². The largest absolute Gasteiger partial charge is 0.298 e. The monoisotopic (exact) mass is 196 g/mol. The van der Waals surface area contributed by atoms with E-state index in [1.807, 2.05) is 0 Å². The summed E-state index contributed by atoms with van der Waals surface area (Å²) in [5.74, 6) is 0. The lowest BCUT2D eigenvalue weighted by atomic mass is 10.1. The number of carbonyl (C=O) groups is 1. The SMILES string of the molecule is Cc1nc(C(F)F)c(C#N)cc1C=O. The highest BCUT2D eigenvalue weighted by Gasteiger charge is 2.16. The van der Waals surface area contributed by atoms with Crippen LogP contribution in [0.3, 0.4) is 0 Å². The lowest BCUT2D eigenvalue weighted by Crippen LogP contribution is -2.01. The molecule has 0 unspecified atom stereocenters. The van der Waals surface area contributed by atoms with E-state index in [0.29, 0.717) is 6.29 Å². The zero-order valence-corrected chi connectivity index (χ0v) is 7.29. The van der Waals surface area contributed by atoms with Gasteiger partial charge >= 0.3 is 0 Å². The number of carbonyl (C=O) groups excluding carboxylic acids is 1. The van der Waals surface area contributed by atoms with Gasteiger partial charge in [0.05, 0.1) is 5.56 Å². The molecule has 0 fully saturated rings. The third-order valence-corrected chi connectivity index (χ3v) is 1.74. The van der Waals surface area contributed by atoms with Crippen LogP contribution in [0.25, 0.3) is 0 Å². The Balaban J connectivity index is 3.40. The van der Waals surface area contributed by atoms with Gasteiger partial charge in [0.15, 0.2) is 6.29 Å². The number of hydrogen-bond acceptors (Lipinski definition) is 3. The lowest BCUT2D eigenvalue weighted by molar-refractivity contribution is 0.112. The van der Waals surface area contributed by atoms with E-state index >= 15 is 0 Å². The summed E-state index contributed by atoms with van der Waals surface area (Å²) in [7, 11) is 0. The smallest absolute Gasteiger partial charge is 0.281 e. The molecule has 0 spiro atoms. The molecule has 0 aliphatic rings. The summed E-state index contributed by atoms with van der Waals surface area (Å²) in [5, 5.41) is 8.54. The second-order valence-corrected chi connectivity index (χ2v) is 2.63. The molecule has 0 aliphatic carbocycles. The summed E-state index contributed by atoms with van der Waals surface area (Å²) < 4.78 is 24.7. The number of halogens is 2. The van der Waals surface area contributed by atoms with Crippen molar-refractivity contribution in [1.82, 2.24) is 4.98 Å². The van der Waals surface area contributed by atoms with Gasteiger partial charge in [-0.05, 0) is 13.0 Å². The molecule has 0 saturated carbocycles. The second kappa shape index (κ2) is 3.92. The number of aldehydes is 1. The minimum Gasteiger partial charge on any atom is -0.298 e. The third kappa shape index (κ3) is 1.74. The lowest BCUT2D eigenvalue weighted by Gasteiger charge is -2.04. The fourth-order valence-corrected chi connectivity index (χ4v) is 1.01. The van der Waals surface area contributed by atoms with Gasteiger partial charge in [-0.3, -0.25) is 9.78 Å². The van der Waals surface area contributed by atoms with Crippen LogP contribution in [0.15, 0.2) is 6.07 Å². The van der Waals surface area contributed by atoms with Gasteiger partial charge in [-0.2, -0.15) is 5.26 Å². The Hall–Kier alpha value is -1.83. The molecule has 0 bridgehead atoms. The molecule has 0 atom stereocenters. The highest BCUT2D eigenvalue weighted by atomic mass is 19.3. The average molecular weight is 196 g/mol. The van der Waals surface area contributed by atoms with Crippen molar-refractivity contribution in [3.63, 3.8) is 0 Å². The maximum atomic E-state index is 12.3. The summed E-state index contributed by atoms with van der Waals surface area (Å²) in [6.45, 7) is 1.44. The van der Waals surface area contributed by atoms with E-state index in [2.05, 4.69) is 4.98 Å². The van der Waals surface area contributed by atoms with Crippen molar-refractivity contribution >= 4 is 6.29 Å². The van der Waals surface area contributed by atoms with Gasteiger partial charge in [0, 0.05) is 11.3 Å². The van der Waals surface area contributed by atoms with E-state index in [1.54, 1.807) is 6.07 Å². The first-order valence-electron chi connectivity index (χ1n) is 3.75. The van der Waals surface area contributed by atoms with Crippen molar-refractivity contribution in [1.29, 1.82) is 5.26 Å². The highest BCUT2D eigenvalue weighted by Crippen LogP contribution is 2.21. The number of pyridine rings is 1. The predicted octanol–water partition coefficient (Wildman–Crippen LogP) is 2.01. The Morgan fingerprint density at radius 2 is 2.29 bits per heavy atom. The first kappa shape index (κ1) is 10.3. The molecule has 14 heavy (non-hydrogen) atoms. The van der Waals surface area contributed by atoms with Gasteiger partial charge in [-0.15, -0.1) is 0 Å². The van der Waals surface area contributed by atoms with E-state index in [1.165, 1.54) is 6.92 Å². The minimum atomic E-state index is -2.80. The molecule has 1 aromatic heterocycles. The van der Waals surface area contributed by atoms with E-state index in [0.717, 1.165) is 6.07 Å². The van der Waals surface area contributed by atoms with Crippen molar-refractivity contribution < 1.29 is 13.6 Å². The normalized spacial score (nSPS) is 9.93. The molecule has 1 aromatic rings. The first-order chi connectivity index (χ1) is 6.60. The molecule has 3 nitrogen and oxygen atoms in total. The van der Waals surface area contributed by atoms with E-state index in [-0.39, 0.29) is 16.8 Å². The van der Waals surface area contributed by atoms with Gasteiger partial charge in [0.1, 0.15) is 11.8 Å². The van der Waals surface area contributed by atoms with Gasteiger partial charge in [0.2, 0.25) is 0 Å². The molecular weight excluding hydrogens is 190 g/mol. The van der Waals surface area contributed by atoms with Gasteiger partial charge in [-0.25, -0.2) is 8.78 Å². The molecular formula is C9H6F2N2O. The topological polar surface area (TPSA) is 53.8 Å². The van der Waals surface area contributed by atoms with Crippen LogP contribution in [0.1, 0.15) is 33.7 Å². The number of hydrogen-bond donors (Lipinski definition) is 0. The van der Waals surface area contributed by atoms with Crippen molar-refractivity contribution in [2.75, 3.05) is 0 Å². The fraction of sp³-hybridized carbons (Fsp3) is 0.222. The summed E-state index contributed by atoms with van der Waals surface area (Å²) >= 11 is 0. The quantitative estimate of drug-likeness (QED) is 0.680. The Labute approximate surface area is 79.0 Å². The van der Waals surface area contributed by atoms with Crippen LogP contribution in [0.2, 0.25) is 0 Å². The number of alkyl halides is 2. The molecule has 0 radical (unpaired) electrons. The van der Waals surface area contributed by atoms with Gasteiger partial charge in [0.25, 0.3) is 6.43 Å². The first-order valence-corrected chi connectivity index (χ1v) is 3.75. The van der Waals surface area contributed by atoms with Crippen molar-refractivity contribution in [3.05, 3.63) is 28.6 Å². The van der Waals surface area contributed by atoms with Gasteiger partial charge < -0.3 is 0 Å². The zero-order chi connectivity index (χ0) is 10.7. The summed E-state index contributed by atoms with van der Waals surface area (Å²) in [4.78, 5) is 14.0. The number of aryl methyl sites for hydroxylation is 1. The van der Waals surface area contributed by atoms with Crippen LogP contribution in [0, 0.1) is 18.3 Å². The van der Waals surface area contributed by atoms with Crippen LogP contribution in [-0.4, -0.2) is 11.3 Å². The molecule has 1 rings (SSSR count). The van der Waals surface area contributed by atoms with Gasteiger partial charge in [-0.1, -0.05) is 0 Å². The third-order valence-electron chi connectivity index (χ3n) is 1.74. The van der Waals surface area contributed by atoms with Crippen LogP contribution in [0.4, 0.5) is 8.78 Å². The Kier molecular flexibility index (Phi) is 2.87. The Bertz CT molecular complexity index is 410. The highest BCUT2D eigenvalue weighted by molar-refractivity contribution is 5.77. The van der Waals surface area contributed by atoms with Crippen LogP contribution in [-0.2, 0) is 0 Å². The molecule has 0 aliphatic heterocycles. The van der Waals surface area contributed by atoms with Crippen molar-refractivity contribution in [3.8, 4) is 6.07 Å². The van der Waals surface area contributed by atoms with E-state index in [4.69, 9.17) is 5.26 Å². The molecule has 5 heteroatoms. The Morgan fingerprint density at radius 1 is 1.64 bits per heavy atom. The molecule has 0 amide bonds. The maximum absolute atomic E-state index is 12.3. The van der Waals surface area contributed by atoms with Crippen molar-refractivity contribution in [2.45, 2.75) is 13.3 Å². The number of rotatable bonds is 2. The van der Waals surface area contributed by atoms with Crippen LogP contribution >= 0.6 is 0 Å². The average Bonchev–Trinajstić information content (AvgIpc) is 2.17. The molecule has 0 N–H and O–H groups in total. The number of nitriles is 1. The Morgan fingerprint density at radius 3 is 2.71 bits per heavy atom. The molecule has 1 heterocycles. The predicted molar refractivity (Wildman–Crippen MR) is 44.0 cm³/mol. The number of aromatic nitrogens is 1. The maximum Gasteiger partial charge on any atom is 0.281 e. The summed E-state index contributed by atoms with van der Waals surface area (Å²) in [6, 6.07) is 2.70. The standard InChI is InChI=1S/C9H6F2N2O/c1-5-7(4-14)2-6(3-12)8(13-5)9(10)11/h2,4,9H,1H3. The summed E-state index contributed by atoms with van der Waals surface area (Å²) in [6.07, 6.45) is -2.32. The minimum absolute atomic E-state index is 0.158. The molecule has 0 aromatic carbocycles. The second-order valence-electron chi connectivity index (χ2n) is 2.63. The van der Waals surface area contributed by atoms with Crippen LogP contribution < -0.4 is 0 Å². The molecule has 72 valence electrons.